The topological polar surface area (TPSA) is 52.1 Å². The molecule has 17 heavy (non-hydrogen) atoms. The third-order valence-corrected chi connectivity index (χ3v) is 2.47. The van der Waals surface area contributed by atoms with Crippen molar-refractivity contribution < 1.29 is 9.53 Å². The molecule has 4 nitrogen and oxygen atoms in total. The first-order valence-corrected chi connectivity index (χ1v) is 5.18. The van der Waals surface area contributed by atoms with Crippen molar-refractivity contribution in [1.29, 1.82) is 0 Å². The van der Waals surface area contributed by atoms with Gasteiger partial charge >= 0.3 is 0 Å². The second kappa shape index (κ2) is 4.74. The zero-order valence-corrected chi connectivity index (χ0v) is 9.68. The van der Waals surface area contributed by atoms with Gasteiger partial charge < -0.3 is 4.74 Å². The Morgan fingerprint density at radius 3 is 2.82 bits per heavy atom. The molecular formula is C13H12N2O2. The number of ether oxygens (including phenoxy) is 1. The smallest absolute Gasteiger partial charge is 0.215 e. The van der Waals surface area contributed by atoms with E-state index in [0.29, 0.717) is 17.0 Å². The fourth-order valence-corrected chi connectivity index (χ4v) is 1.58. The monoisotopic (exact) mass is 228 g/mol. The quantitative estimate of drug-likeness (QED) is 0.754. The van der Waals surface area contributed by atoms with Crippen molar-refractivity contribution in [2.75, 3.05) is 7.11 Å². The van der Waals surface area contributed by atoms with Gasteiger partial charge in [0, 0.05) is 24.2 Å². The van der Waals surface area contributed by atoms with Gasteiger partial charge in [-0.15, -0.1) is 0 Å². The number of carbonyl (C=O) groups is 1. The molecule has 0 aromatic carbocycles. The van der Waals surface area contributed by atoms with Gasteiger partial charge in [-0.3, -0.25) is 9.78 Å². The number of aromatic nitrogens is 2. The van der Waals surface area contributed by atoms with Crippen molar-refractivity contribution in [1.82, 2.24) is 9.97 Å². The average Bonchev–Trinajstić information content (AvgIpc) is 2.38. The first kappa shape index (κ1) is 11.3. The first-order valence-electron chi connectivity index (χ1n) is 5.18. The van der Waals surface area contributed by atoms with Gasteiger partial charge in [0.25, 0.3) is 0 Å². The Balaban J connectivity index is 2.48. The summed E-state index contributed by atoms with van der Waals surface area (Å²) >= 11 is 0. The Hall–Kier alpha value is -2.23. The van der Waals surface area contributed by atoms with Crippen LogP contribution in [0.25, 0.3) is 0 Å². The number of hydrogen-bond donors (Lipinski definition) is 0. The molecule has 4 heteroatoms. The maximum atomic E-state index is 12.3. The molecule has 86 valence electrons. The lowest BCUT2D eigenvalue weighted by Crippen LogP contribution is -2.08. The van der Waals surface area contributed by atoms with E-state index < -0.39 is 0 Å². The molecular weight excluding hydrogens is 216 g/mol. The van der Waals surface area contributed by atoms with E-state index >= 15 is 0 Å². The third-order valence-electron chi connectivity index (χ3n) is 2.47. The Morgan fingerprint density at radius 1 is 1.29 bits per heavy atom. The Labute approximate surface area is 99.3 Å². The summed E-state index contributed by atoms with van der Waals surface area (Å²) in [5, 5.41) is 0. The molecule has 0 saturated heterocycles. The van der Waals surface area contributed by atoms with Crippen LogP contribution in [0, 0.1) is 6.92 Å². The summed E-state index contributed by atoms with van der Waals surface area (Å²) < 4.78 is 5.13. The maximum absolute atomic E-state index is 12.3. The van der Waals surface area contributed by atoms with Crippen LogP contribution in [0.2, 0.25) is 0 Å². The minimum atomic E-state index is -0.151. The number of nitrogens with zero attached hydrogens (tertiary/aromatic N) is 2. The molecule has 0 saturated carbocycles. The molecule has 0 aliphatic heterocycles. The molecule has 2 aromatic rings. The van der Waals surface area contributed by atoms with Gasteiger partial charge in [0.05, 0.1) is 7.11 Å². The highest BCUT2D eigenvalue weighted by atomic mass is 16.5. The molecule has 0 aliphatic rings. The van der Waals surface area contributed by atoms with E-state index in [-0.39, 0.29) is 5.78 Å². The molecule has 0 spiro atoms. The van der Waals surface area contributed by atoms with E-state index in [1.165, 1.54) is 7.11 Å². The molecule has 0 unspecified atom stereocenters. The lowest BCUT2D eigenvalue weighted by Gasteiger charge is -2.07. The zero-order valence-electron chi connectivity index (χ0n) is 9.68. The van der Waals surface area contributed by atoms with E-state index in [1.54, 1.807) is 36.8 Å². The normalized spacial score (nSPS) is 10.0. The Morgan fingerprint density at radius 2 is 2.12 bits per heavy atom. The number of ketones is 1. The molecule has 0 N–H and O–H groups in total. The summed E-state index contributed by atoms with van der Waals surface area (Å²) in [5.74, 6) is 0.330. The van der Waals surface area contributed by atoms with Gasteiger partial charge in [-0.2, -0.15) is 0 Å². The summed E-state index contributed by atoms with van der Waals surface area (Å²) in [4.78, 5) is 20.3. The highest BCUT2D eigenvalue weighted by molar-refractivity contribution is 6.10. The van der Waals surface area contributed by atoms with Gasteiger partial charge in [-0.25, -0.2) is 4.98 Å². The zero-order chi connectivity index (χ0) is 12.3. The van der Waals surface area contributed by atoms with Crippen molar-refractivity contribution in [2.24, 2.45) is 0 Å². The molecule has 0 amide bonds. The molecule has 0 aliphatic carbocycles. The maximum Gasteiger partial charge on any atom is 0.215 e. The highest BCUT2D eigenvalue weighted by Gasteiger charge is 2.17. The van der Waals surface area contributed by atoms with E-state index in [4.69, 9.17) is 4.74 Å². The fraction of sp³-hybridized carbons (Fsp3) is 0.154. The van der Waals surface area contributed by atoms with Crippen molar-refractivity contribution in [3.8, 4) is 5.75 Å². The Kier molecular flexibility index (Phi) is 3.14. The molecule has 2 aromatic heterocycles. The highest BCUT2D eigenvalue weighted by Crippen LogP contribution is 2.19. The van der Waals surface area contributed by atoms with Crippen molar-refractivity contribution in [2.45, 2.75) is 6.92 Å². The summed E-state index contributed by atoms with van der Waals surface area (Å²) in [5.41, 5.74) is 1.74. The molecule has 0 fully saturated rings. The number of carbonyl (C=O) groups excluding carboxylic acids is 1. The third kappa shape index (κ3) is 2.15. The number of methoxy groups -OCH3 is 1. The van der Waals surface area contributed by atoms with Gasteiger partial charge in [-0.05, 0) is 30.7 Å². The summed E-state index contributed by atoms with van der Waals surface area (Å²) in [6, 6.07) is 5.14. The van der Waals surface area contributed by atoms with Crippen LogP contribution >= 0.6 is 0 Å². The van der Waals surface area contributed by atoms with Crippen LogP contribution in [-0.2, 0) is 0 Å². The van der Waals surface area contributed by atoms with Crippen molar-refractivity contribution in [3.63, 3.8) is 0 Å². The standard InChI is InChI=1S/C13H12N2O2/c1-9-8-14-7-5-10(9)13(16)12-11(17-2)4-3-6-15-12/h3-8H,1-2H3. The SMILES string of the molecule is COc1cccnc1C(=O)c1ccncc1C. The number of pyridine rings is 2. The first-order chi connectivity index (χ1) is 8.24. The molecule has 0 atom stereocenters. The van der Waals surface area contributed by atoms with E-state index in [0.717, 1.165) is 5.56 Å². The van der Waals surface area contributed by atoms with Gasteiger partial charge in [-0.1, -0.05) is 0 Å². The lowest BCUT2D eigenvalue weighted by atomic mass is 10.0. The van der Waals surface area contributed by atoms with Crippen LogP contribution in [0.3, 0.4) is 0 Å². The lowest BCUT2D eigenvalue weighted by molar-refractivity contribution is 0.103. The van der Waals surface area contributed by atoms with Crippen LogP contribution in [0.4, 0.5) is 0 Å². The fourth-order valence-electron chi connectivity index (χ4n) is 1.58. The molecule has 0 radical (unpaired) electrons. The van der Waals surface area contributed by atoms with E-state index in [9.17, 15) is 4.79 Å². The van der Waals surface area contributed by atoms with Crippen LogP contribution in [-0.4, -0.2) is 22.9 Å². The second-order valence-electron chi connectivity index (χ2n) is 3.57. The summed E-state index contributed by atoms with van der Waals surface area (Å²) in [6.07, 6.45) is 4.82. The predicted molar refractivity (Wildman–Crippen MR) is 63.2 cm³/mol. The summed E-state index contributed by atoms with van der Waals surface area (Å²) in [6.45, 7) is 1.84. The number of rotatable bonds is 3. The van der Waals surface area contributed by atoms with Crippen molar-refractivity contribution in [3.05, 3.63) is 53.6 Å². The minimum absolute atomic E-state index is 0.151. The number of hydrogen-bond acceptors (Lipinski definition) is 4. The van der Waals surface area contributed by atoms with Crippen LogP contribution in [0.1, 0.15) is 21.6 Å². The largest absolute Gasteiger partial charge is 0.494 e. The Bertz CT molecular complexity index is 553. The second-order valence-corrected chi connectivity index (χ2v) is 3.57. The van der Waals surface area contributed by atoms with E-state index in [2.05, 4.69) is 9.97 Å². The van der Waals surface area contributed by atoms with Crippen LogP contribution in [0.5, 0.6) is 5.75 Å². The van der Waals surface area contributed by atoms with Gasteiger partial charge in [0.1, 0.15) is 5.75 Å². The molecule has 0 bridgehead atoms. The van der Waals surface area contributed by atoms with Gasteiger partial charge in [0.2, 0.25) is 5.78 Å². The van der Waals surface area contributed by atoms with Crippen molar-refractivity contribution >= 4 is 5.78 Å². The van der Waals surface area contributed by atoms with Crippen LogP contribution < -0.4 is 4.74 Å². The number of aryl methyl sites for hydroxylation is 1. The molecule has 2 heterocycles. The minimum Gasteiger partial charge on any atom is -0.494 e. The van der Waals surface area contributed by atoms with E-state index in [1.807, 2.05) is 6.92 Å². The average molecular weight is 228 g/mol. The predicted octanol–water partition coefficient (Wildman–Crippen LogP) is 2.02. The van der Waals surface area contributed by atoms with Crippen LogP contribution in [0.15, 0.2) is 36.8 Å². The van der Waals surface area contributed by atoms with Gasteiger partial charge in [0.15, 0.2) is 5.69 Å². The molecule has 2 rings (SSSR count). The summed E-state index contributed by atoms with van der Waals surface area (Å²) in [7, 11) is 1.52.